The first-order valence-electron chi connectivity index (χ1n) is 14.5. The van der Waals surface area contributed by atoms with Crippen LogP contribution in [0.15, 0.2) is 146 Å². The smallest absolute Gasteiger partial charge is 0.0971 e. The van der Waals surface area contributed by atoms with E-state index in [9.17, 15) is 0 Å². The molecule has 9 rings (SSSR count). The molecule has 0 spiro atoms. The van der Waals surface area contributed by atoms with Crippen molar-refractivity contribution < 1.29 is 0 Å². The zero-order valence-corrected chi connectivity index (χ0v) is 24.0. The maximum absolute atomic E-state index is 4.71. The Bertz CT molecular complexity index is 2470. The minimum Gasteiger partial charge on any atom is -0.252 e. The largest absolute Gasteiger partial charge is 0.252 e. The zero-order valence-electron chi connectivity index (χ0n) is 23.2. The van der Waals surface area contributed by atoms with Crippen LogP contribution in [0.5, 0.6) is 0 Å². The summed E-state index contributed by atoms with van der Waals surface area (Å²) in [5, 5.41) is 7.32. The van der Waals surface area contributed by atoms with E-state index >= 15 is 0 Å². The molecule has 0 saturated heterocycles. The first-order valence-corrected chi connectivity index (χ1v) is 15.3. The number of hydrogen-bond acceptors (Lipinski definition) is 3. The van der Waals surface area contributed by atoms with Crippen LogP contribution in [0.2, 0.25) is 0 Å². The maximum Gasteiger partial charge on any atom is 0.0971 e. The Kier molecular flexibility index (Phi) is 5.40. The van der Waals surface area contributed by atoms with Crippen LogP contribution in [0, 0.1) is 0 Å². The number of benzene rings is 7. The summed E-state index contributed by atoms with van der Waals surface area (Å²) in [5.74, 6) is 0. The van der Waals surface area contributed by atoms with Gasteiger partial charge in [0.2, 0.25) is 0 Å². The van der Waals surface area contributed by atoms with Gasteiger partial charge in [-0.15, -0.1) is 11.3 Å². The van der Waals surface area contributed by atoms with Gasteiger partial charge in [-0.2, -0.15) is 0 Å². The summed E-state index contributed by atoms with van der Waals surface area (Å²) in [7, 11) is 0. The van der Waals surface area contributed by atoms with E-state index in [0.717, 1.165) is 21.8 Å². The summed E-state index contributed by atoms with van der Waals surface area (Å²) in [6.07, 6.45) is 3.56. The van der Waals surface area contributed by atoms with Crippen molar-refractivity contribution in [3.05, 3.63) is 146 Å². The molecule has 9 aromatic rings. The molecule has 2 heterocycles. The van der Waals surface area contributed by atoms with Crippen molar-refractivity contribution in [3.63, 3.8) is 0 Å². The molecule has 2 nitrogen and oxygen atoms in total. The van der Waals surface area contributed by atoms with E-state index in [2.05, 4.69) is 138 Å². The first-order chi connectivity index (χ1) is 21.3. The molecule has 0 atom stereocenters. The van der Waals surface area contributed by atoms with E-state index in [0.29, 0.717) is 0 Å². The SMILES string of the molecule is c1ccc(-c2cccc3c2sc2ccccc23)c(-c2ccc(-c3ccc4c(c3)c3ccccc3c3nccnc43)cc2)c1. The fourth-order valence-electron chi connectivity index (χ4n) is 6.58. The summed E-state index contributed by atoms with van der Waals surface area (Å²) >= 11 is 1.88. The number of aromatic nitrogens is 2. The lowest BCUT2D eigenvalue weighted by Crippen LogP contribution is -1.89. The summed E-state index contributed by atoms with van der Waals surface area (Å²) in [6, 6.07) is 48.4. The molecule has 2 aromatic heterocycles. The predicted octanol–water partition coefficient (Wildman–Crippen LogP) is 11.3. The van der Waals surface area contributed by atoms with Crippen molar-refractivity contribution in [1.82, 2.24) is 9.97 Å². The van der Waals surface area contributed by atoms with Gasteiger partial charge in [-0.25, -0.2) is 0 Å². The van der Waals surface area contributed by atoms with Crippen LogP contribution >= 0.6 is 11.3 Å². The fourth-order valence-corrected chi connectivity index (χ4v) is 7.81. The molecular formula is C40H24N2S. The van der Waals surface area contributed by atoms with Gasteiger partial charge in [-0.1, -0.05) is 121 Å². The van der Waals surface area contributed by atoms with Crippen LogP contribution < -0.4 is 0 Å². The first kappa shape index (κ1) is 24.2. The minimum atomic E-state index is 0.948. The van der Waals surface area contributed by atoms with Gasteiger partial charge in [-0.3, -0.25) is 9.97 Å². The van der Waals surface area contributed by atoms with E-state index in [1.165, 1.54) is 64.3 Å². The second-order valence-electron chi connectivity index (χ2n) is 11.0. The van der Waals surface area contributed by atoms with Crippen molar-refractivity contribution in [2.45, 2.75) is 0 Å². The van der Waals surface area contributed by atoms with Crippen molar-refractivity contribution >= 4 is 64.1 Å². The second-order valence-corrected chi connectivity index (χ2v) is 12.0. The molecule has 0 saturated carbocycles. The van der Waals surface area contributed by atoms with E-state index in [-0.39, 0.29) is 0 Å². The van der Waals surface area contributed by atoms with Gasteiger partial charge in [-0.05, 0) is 50.7 Å². The van der Waals surface area contributed by atoms with Gasteiger partial charge >= 0.3 is 0 Å². The molecule has 43 heavy (non-hydrogen) atoms. The van der Waals surface area contributed by atoms with Gasteiger partial charge in [0.25, 0.3) is 0 Å². The molecule has 0 aliphatic rings. The number of hydrogen-bond donors (Lipinski definition) is 0. The third-order valence-corrected chi connectivity index (χ3v) is 9.82. The highest BCUT2D eigenvalue weighted by Gasteiger charge is 2.15. The van der Waals surface area contributed by atoms with Crippen LogP contribution in [0.25, 0.3) is 86.1 Å². The topological polar surface area (TPSA) is 25.8 Å². The highest BCUT2D eigenvalue weighted by molar-refractivity contribution is 7.26. The molecule has 0 amide bonds. The molecule has 0 unspecified atom stereocenters. The van der Waals surface area contributed by atoms with Crippen LogP contribution in [0.1, 0.15) is 0 Å². The Balaban J connectivity index is 1.16. The normalized spacial score (nSPS) is 11.7. The molecule has 0 N–H and O–H groups in total. The van der Waals surface area contributed by atoms with E-state index in [1.54, 1.807) is 12.4 Å². The predicted molar refractivity (Wildman–Crippen MR) is 184 cm³/mol. The number of thiophene rings is 1. The lowest BCUT2D eigenvalue weighted by molar-refractivity contribution is 1.31. The Hall–Kier alpha value is -5.38. The van der Waals surface area contributed by atoms with Gasteiger partial charge in [0.15, 0.2) is 0 Å². The van der Waals surface area contributed by atoms with E-state index < -0.39 is 0 Å². The fraction of sp³-hybridized carbons (Fsp3) is 0. The lowest BCUT2D eigenvalue weighted by Gasteiger charge is -2.13. The van der Waals surface area contributed by atoms with Gasteiger partial charge in [0.05, 0.1) is 11.0 Å². The molecule has 0 radical (unpaired) electrons. The number of fused-ring (bicyclic) bond motifs is 9. The summed E-state index contributed by atoms with van der Waals surface area (Å²) in [5.41, 5.74) is 9.29. The van der Waals surface area contributed by atoms with Gasteiger partial charge < -0.3 is 0 Å². The monoisotopic (exact) mass is 564 g/mol. The Morgan fingerprint density at radius 3 is 1.77 bits per heavy atom. The van der Waals surface area contributed by atoms with Crippen molar-refractivity contribution in [3.8, 4) is 33.4 Å². The van der Waals surface area contributed by atoms with Crippen LogP contribution in [-0.2, 0) is 0 Å². The summed E-state index contributed by atoms with van der Waals surface area (Å²) < 4.78 is 2.67. The maximum atomic E-state index is 4.71. The lowest BCUT2D eigenvalue weighted by atomic mass is 9.92. The quantitative estimate of drug-likeness (QED) is 0.199. The molecule has 3 heteroatoms. The Morgan fingerprint density at radius 1 is 0.372 bits per heavy atom. The summed E-state index contributed by atoms with van der Waals surface area (Å²) in [4.78, 5) is 9.38. The highest BCUT2D eigenvalue weighted by Crippen LogP contribution is 2.43. The Labute approximate surface area is 252 Å². The van der Waals surface area contributed by atoms with Gasteiger partial charge in [0, 0.05) is 48.9 Å². The molecule has 7 aromatic carbocycles. The average Bonchev–Trinajstić information content (AvgIpc) is 3.47. The highest BCUT2D eigenvalue weighted by atomic mass is 32.1. The minimum absolute atomic E-state index is 0.948. The summed E-state index contributed by atoms with van der Waals surface area (Å²) in [6.45, 7) is 0. The van der Waals surface area contributed by atoms with Crippen molar-refractivity contribution in [1.29, 1.82) is 0 Å². The second kappa shape index (κ2) is 9.59. The number of rotatable bonds is 3. The molecule has 0 bridgehead atoms. The van der Waals surface area contributed by atoms with E-state index in [1.807, 2.05) is 11.3 Å². The molecule has 0 fully saturated rings. The zero-order chi connectivity index (χ0) is 28.3. The third-order valence-electron chi connectivity index (χ3n) is 8.60. The molecule has 0 aliphatic heterocycles. The van der Waals surface area contributed by atoms with Crippen molar-refractivity contribution in [2.75, 3.05) is 0 Å². The standard InChI is InChI=1S/C40H24N2S/c1-2-9-29(34-13-7-14-35-31-11-5-6-15-37(31)43-40(34)35)28(8-1)26-18-16-25(17-19-26)27-20-21-33-36(24-27)30-10-3-4-12-32(30)38-39(33)42-23-22-41-38/h1-24H. The van der Waals surface area contributed by atoms with Crippen LogP contribution in [0.3, 0.4) is 0 Å². The Morgan fingerprint density at radius 2 is 0.953 bits per heavy atom. The van der Waals surface area contributed by atoms with Gasteiger partial charge in [0.1, 0.15) is 0 Å². The molecule has 0 aliphatic carbocycles. The third kappa shape index (κ3) is 3.79. The van der Waals surface area contributed by atoms with E-state index in [4.69, 9.17) is 4.98 Å². The van der Waals surface area contributed by atoms with Crippen LogP contribution in [-0.4, -0.2) is 9.97 Å². The molecular weight excluding hydrogens is 541 g/mol. The average molecular weight is 565 g/mol. The van der Waals surface area contributed by atoms with Crippen LogP contribution in [0.4, 0.5) is 0 Å². The van der Waals surface area contributed by atoms with Crippen molar-refractivity contribution in [2.24, 2.45) is 0 Å². The molecule has 200 valence electrons. The number of nitrogens with zero attached hydrogens (tertiary/aromatic N) is 2.